The van der Waals surface area contributed by atoms with Gasteiger partial charge in [-0.15, -0.1) is 11.8 Å². The van der Waals surface area contributed by atoms with E-state index < -0.39 is 5.54 Å². The lowest BCUT2D eigenvalue weighted by Gasteiger charge is -2.40. The van der Waals surface area contributed by atoms with E-state index in [9.17, 15) is 10.1 Å². The predicted octanol–water partition coefficient (Wildman–Crippen LogP) is 5.01. The molecule has 1 aliphatic carbocycles. The van der Waals surface area contributed by atoms with Gasteiger partial charge >= 0.3 is 0 Å². The van der Waals surface area contributed by atoms with E-state index in [1.165, 1.54) is 10.8 Å². The Morgan fingerprint density at radius 2 is 1.84 bits per heavy atom. The molecule has 2 aromatic carbocycles. The first-order valence-corrected chi connectivity index (χ1v) is 9.78. The molecular weight excluding hydrogens is 328 g/mol. The minimum absolute atomic E-state index is 0.0432. The molecule has 0 radical (unpaired) electrons. The molecule has 2 aromatic rings. The summed E-state index contributed by atoms with van der Waals surface area (Å²) in [6.07, 6.45) is 4.79. The van der Waals surface area contributed by atoms with Crippen LogP contribution in [0.3, 0.4) is 0 Å². The van der Waals surface area contributed by atoms with Crippen molar-refractivity contribution in [3.05, 3.63) is 42.5 Å². The van der Waals surface area contributed by atoms with Crippen molar-refractivity contribution in [3.8, 4) is 6.07 Å². The first kappa shape index (κ1) is 17.8. The summed E-state index contributed by atoms with van der Waals surface area (Å²) < 4.78 is 0. The van der Waals surface area contributed by atoms with E-state index in [0.717, 1.165) is 37.0 Å². The minimum atomic E-state index is -0.618. The summed E-state index contributed by atoms with van der Waals surface area (Å²) in [6.45, 7) is 1.94. The zero-order valence-electron chi connectivity index (χ0n) is 14.9. The van der Waals surface area contributed by atoms with Crippen LogP contribution in [0.15, 0.2) is 47.4 Å². The number of amides is 1. The van der Waals surface area contributed by atoms with Crippen LogP contribution in [0.1, 0.15) is 39.0 Å². The zero-order valence-corrected chi connectivity index (χ0v) is 15.7. The van der Waals surface area contributed by atoms with Gasteiger partial charge in [-0.3, -0.25) is 4.79 Å². The Bertz CT molecular complexity index is 805. The van der Waals surface area contributed by atoms with Gasteiger partial charge in [0.1, 0.15) is 5.54 Å². The molecule has 3 nitrogen and oxygen atoms in total. The van der Waals surface area contributed by atoms with Crippen molar-refractivity contribution < 1.29 is 4.79 Å². The van der Waals surface area contributed by atoms with Crippen LogP contribution in [0.5, 0.6) is 0 Å². The fourth-order valence-electron chi connectivity index (χ4n) is 3.64. The summed E-state index contributed by atoms with van der Waals surface area (Å²) in [7, 11) is 1.80. The average molecular weight is 353 g/mol. The van der Waals surface area contributed by atoms with Crippen LogP contribution in [0, 0.1) is 11.3 Å². The van der Waals surface area contributed by atoms with E-state index in [2.05, 4.69) is 36.4 Å². The third-order valence-corrected chi connectivity index (χ3v) is 6.32. The molecule has 1 atom stereocenters. The summed E-state index contributed by atoms with van der Waals surface area (Å²) in [5.74, 6) is 0.0432. The number of thioether (sulfide) groups is 1. The molecule has 0 aliphatic heterocycles. The highest BCUT2D eigenvalue weighted by molar-refractivity contribution is 8.00. The van der Waals surface area contributed by atoms with Crippen LogP contribution in [0.25, 0.3) is 10.8 Å². The summed E-state index contributed by atoms with van der Waals surface area (Å²) in [6, 6.07) is 17.0. The lowest BCUT2D eigenvalue weighted by Crippen LogP contribution is -2.52. The predicted molar refractivity (Wildman–Crippen MR) is 103 cm³/mol. The van der Waals surface area contributed by atoms with E-state index in [-0.39, 0.29) is 11.2 Å². The molecule has 3 rings (SSSR count). The fraction of sp³-hybridized carbons (Fsp3) is 0.429. The number of rotatable bonds is 4. The summed E-state index contributed by atoms with van der Waals surface area (Å²) in [5, 5.41) is 11.9. The maximum absolute atomic E-state index is 12.9. The first-order valence-electron chi connectivity index (χ1n) is 8.90. The lowest BCUT2D eigenvalue weighted by molar-refractivity contribution is -0.133. The van der Waals surface area contributed by atoms with Gasteiger partial charge in [-0.1, -0.05) is 49.6 Å². The Hall–Kier alpha value is -1.99. The lowest BCUT2D eigenvalue weighted by atomic mass is 9.81. The van der Waals surface area contributed by atoms with Crippen LogP contribution in [0.2, 0.25) is 0 Å². The first-order chi connectivity index (χ1) is 12.1. The van der Waals surface area contributed by atoms with Gasteiger partial charge < -0.3 is 4.90 Å². The normalized spacial score (nSPS) is 17.6. The molecule has 0 bridgehead atoms. The van der Waals surface area contributed by atoms with Gasteiger partial charge in [-0.25, -0.2) is 0 Å². The highest BCUT2D eigenvalue weighted by atomic mass is 32.2. The number of hydrogen-bond acceptors (Lipinski definition) is 3. The number of hydrogen-bond donors (Lipinski definition) is 0. The largest absolute Gasteiger partial charge is 0.326 e. The van der Waals surface area contributed by atoms with Crippen molar-refractivity contribution in [2.24, 2.45) is 0 Å². The average Bonchev–Trinajstić information content (AvgIpc) is 2.67. The van der Waals surface area contributed by atoms with E-state index in [0.29, 0.717) is 0 Å². The standard InChI is InChI=1S/C21H24N2OS/c1-16(20(24)23(2)21(15-22)12-6-3-7-13-21)25-19-11-10-17-8-4-5-9-18(17)14-19/h4-5,8-11,14,16H,3,6-7,12-13H2,1-2H3/t16-/m1/s1. The Morgan fingerprint density at radius 3 is 2.52 bits per heavy atom. The van der Waals surface area contributed by atoms with E-state index >= 15 is 0 Å². The number of carbonyl (C=O) groups excluding carboxylic acids is 1. The molecule has 0 N–H and O–H groups in total. The molecule has 25 heavy (non-hydrogen) atoms. The van der Waals surface area contributed by atoms with E-state index in [1.54, 1.807) is 23.7 Å². The monoisotopic (exact) mass is 352 g/mol. The summed E-state index contributed by atoms with van der Waals surface area (Å²) >= 11 is 1.57. The Balaban J connectivity index is 1.73. The van der Waals surface area contributed by atoms with Crippen molar-refractivity contribution in [1.82, 2.24) is 4.90 Å². The third kappa shape index (κ3) is 3.67. The number of nitrogens with zero attached hydrogens (tertiary/aromatic N) is 2. The van der Waals surface area contributed by atoms with Gasteiger partial charge in [-0.2, -0.15) is 5.26 Å². The Labute approximate surface area is 154 Å². The molecule has 130 valence electrons. The summed E-state index contributed by atoms with van der Waals surface area (Å²) in [5.41, 5.74) is -0.618. The Morgan fingerprint density at radius 1 is 1.16 bits per heavy atom. The fourth-order valence-corrected chi connectivity index (χ4v) is 4.65. The SMILES string of the molecule is C[C@@H](Sc1ccc2ccccc2c1)C(=O)N(C)C1(C#N)CCCCC1. The summed E-state index contributed by atoms with van der Waals surface area (Å²) in [4.78, 5) is 15.7. The van der Waals surface area contributed by atoms with E-state index in [4.69, 9.17) is 0 Å². The molecule has 0 heterocycles. The smallest absolute Gasteiger partial charge is 0.236 e. The van der Waals surface area contributed by atoms with Crippen molar-refractivity contribution >= 4 is 28.4 Å². The molecule has 0 spiro atoms. The third-order valence-electron chi connectivity index (χ3n) is 5.24. The van der Waals surface area contributed by atoms with Gasteiger partial charge in [0, 0.05) is 11.9 Å². The molecule has 0 aromatic heterocycles. The number of benzene rings is 2. The number of fused-ring (bicyclic) bond motifs is 1. The van der Waals surface area contributed by atoms with Gasteiger partial charge in [0.05, 0.1) is 11.3 Å². The molecule has 0 saturated heterocycles. The van der Waals surface area contributed by atoms with E-state index in [1.807, 2.05) is 19.1 Å². The van der Waals surface area contributed by atoms with Crippen LogP contribution in [-0.2, 0) is 4.79 Å². The topological polar surface area (TPSA) is 44.1 Å². The Kier molecular flexibility index (Phi) is 5.34. The van der Waals surface area contributed by atoms with Crippen molar-refractivity contribution in [1.29, 1.82) is 5.26 Å². The second kappa shape index (κ2) is 7.49. The molecule has 0 unspecified atom stereocenters. The van der Waals surface area contributed by atoms with Gasteiger partial charge in [-0.05, 0) is 42.7 Å². The maximum atomic E-state index is 12.9. The van der Waals surface area contributed by atoms with Crippen LogP contribution >= 0.6 is 11.8 Å². The second-order valence-electron chi connectivity index (χ2n) is 6.87. The minimum Gasteiger partial charge on any atom is -0.326 e. The molecule has 1 fully saturated rings. The molecule has 1 aliphatic rings. The van der Waals surface area contributed by atoms with Crippen molar-refractivity contribution in [3.63, 3.8) is 0 Å². The molecule has 4 heteroatoms. The van der Waals surface area contributed by atoms with Gasteiger partial charge in [0.15, 0.2) is 0 Å². The van der Waals surface area contributed by atoms with Crippen LogP contribution < -0.4 is 0 Å². The molecule has 1 saturated carbocycles. The highest BCUT2D eigenvalue weighted by Gasteiger charge is 2.40. The van der Waals surface area contributed by atoms with Crippen LogP contribution in [0.4, 0.5) is 0 Å². The maximum Gasteiger partial charge on any atom is 0.236 e. The van der Waals surface area contributed by atoms with Crippen molar-refractivity contribution in [2.45, 2.75) is 54.7 Å². The number of nitriles is 1. The van der Waals surface area contributed by atoms with Gasteiger partial charge in [0.25, 0.3) is 0 Å². The van der Waals surface area contributed by atoms with Crippen molar-refractivity contribution in [2.75, 3.05) is 7.05 Å². The van der Waals surface area contributed by atoms with Crippen LogP contribution in [-0.4, -0.2) is 28.6 Å². The zero-order chi connectivity index (χ0) is 17.9. The highest BCUT2D eigenvalue weighted by Crippen LogP contribution is 2.35. The second-order valence-corrected chi connectivity index (χ2v) is 8.28. The number of carbonyl (C=O) groups is 1. The van der Waals surface area contributed by atoms with Gasteiger partial charge in [0.2, 0.25) is 5.91 Å². The molecular formula is C21H24N2OS. The quantitative estimate of drug-likeness (QED) is 0.727. The molecule has 1 amide bonds.